The van der Waals surface area contributed by atoms with Gasteiger partial charge in [0.1, 0.15) is 5.82 Å². The smallest absolute Gasteiger partial charge is 0.147 e. The molecule has 0 amide bonds. The molecule has 1 unspecified atom stereocenters. The fourth-order valence-electron chi connectivity index (χ4n) is 3.40. The minimum absolute atomic E-state index is 0.144. The zero-order chi connectivity index (χ0) is 12.5. The van der Waals surface area contributed by atoms with Crippen LogP contribution in [0.2, 0.25) is 0 Å². The molecule has 1 aromatic heterocycles. The number of fused-ring (bicyclic) bond motifs is 1. The maximum atomic E-state index is 13.7. The van der Waals surface area contributed by atoms with Crippen molar-refractivity contribution < 1.29 is 4.39 Å². The van der Waals surface area contributed by atoms with Crippen molar-refractivity contribution in [1.29, 1.82) is 0 Å². The number of benzene rings is 1. The van der Waals surface area contributed by atoms with Crippen molar-refractivity contribution >= 4 is 10.9 Å². The normalized spacial score (nSPS) is 19.2. The maximum Gasteiger partial charge on any atom is 0.147 e. The van der Waals surface area contributed by atoms with Crippen LogP contribution in [-0.2, 0) is 0 Å². The number of halogens is 1. The second-order valence-corrected chi connectivity index (χ2v) is 5.59. The van der Waals surface area contributed by atoms with E-state index in [1.54, 1.807) is 0 Å². The second kappa shape index (κ2) is 4.75. The first-order valence-corrected chi connectivity index (χ1v) is 7.03. The van der Waals surface area contributed by atoms with Gasteiger partial charge >= 0.3 is 0 Å². The molecular formula is C16H20FN. The number of para-hydroxylation sites is 1. The van der Waals surface area contributed by atoms with E-state index >= 15 is 0 Å². The summed E-state index contributed by atoms with van der Waals surface area (Å²) in [6.45, 7) is 2.30. The van der Waals surface area contributed by atoms with Crippen molar-refractivity contribution in [3.63, 3.8) is 0 Å². The van der Waals surface area contributed by atoms with E-state index in [1.807, 2.05) is 18.3 Å². The average molecular weight is 245 g/mol. The summed E-state index contributed by atoms with van der Waals surface area (Å²) in [7, 11) is 0. The third kappa shape index (κ3) is 1.94. The Morgan fingerprint density at radius 3 is 2.78 bits per heavy atom. The summed E-state index contributed by atoms with van der Waals surface area (Å²) in [6.07, 6.45) is 8.74. The Kier molecular flexibility index (Phi) is 3.11. The van der Waals surface area contributed by atoms with Crippen LogP contribution < -0.4 is 0 Å². The van der Waals surface area contributed by atoms with Gasteiger partial charge in [0, 0.05) is 11.6 Å². The summed E-state index contributed by atoms with van der Waals surface area (Å²) in [5.41, 5.74) is 1.95. The first-order valence-electron chi connectivity index (χ1n) is 7.03. The van der Waals surface area contributed by atoms with Crippen LogP contribution >= 0.6 is 0 Å². The minimum atomic E-state index is -0.144. The molecular weight excluding hydrogens is 225 g/mol. The molecule has 3 rings (SSSR count). The molecule has 0 spiro atoms. The van der Waals surface area contributed by atoms with Crippen molar-refractivity contribution in [2.75, 3.05) is 0 Å². The van der Waals surface area contributed by atoms with E-state index < -0.39 is 0 Å². The Bertz CT molecular complexity index is 537. The summed E-state index contributed by atoms with van der Waals surface area (Å²) in [4.78, 5) is 3.10. The van der Waals surface area contributed by atoms with Gasteiger partial charge in [0.2, 0.25) is 0 Å². The minimum Gasteiger partial charge on any atom is -0.359 e. The molecule has 1 nitrogen and oxygen atoms in total. The number of rotatable bonds is 2. The van der Waals surface area contributed by atoms with Crippen molar-refractivity contribution in [1.82, 2.24) is 4.98 Å². The van der Waals surface area contributed by atoms with Gasteiger partial charge in [0.25, 0.3) is 0 Å². The largest absolute Gasteiger partial charge is 0.359 e. The number of aromatic amines is 1. The summed E-state index contributed by atoms with van der Waals surface area (Å²) in [5.74, 6) is 1.15. The highest BCUT2D eigenvalue weighted by molar-refractivity contribution is 5.84. The first-order chi connectivity index (χ1) is 8.77. The predicted octanol–water partition coefficient (Wildman–Crippen LogP) is 4.99. The molecule has 0 saturated heterocycles. The summed E-state index contributed by atoms with van der Waals surface area (Å²) < 4.78 is 13.7. The number of hydrogen-bond acceptors (Lipinski definition) is 0. The van der Waals surface area contributed by atoms with Gasteiger partial charge in [0.15, 0.2) is 0 Å². The quantitative estimate of drug-likeness (QED) is 0.767. The fraction of sp³-hybridized carbons (Fsp3) is 0.500. The first kappa shape index (κ1) is 11.8. The predicted molar refractivity (Wildman–Crippen MR) is 73.2 cm³/mol. The zero-order valence-corrected chi connectivity index (χ0v) is 10.9. The molecule has 1 N–H and O–H groups in total. The van der Waals surface area contributed by atoms with Crippen molar-refractivity contribution in [2.24, 2.45) is 5.92 Å². The Hall–Kier alpha value is -1.31. The Morgan fingerprint density at radius 1 is 1.22 bits per heavy atom. The third-order valence-electron chi connectivity index (χ3n) is 4.54. The van der Waals surface area contributed by atoms with E-state index in [2.05, 4.69) is 11.9 Å². The highest BCUT2D eigenvalue weighted by Gasteiger charge is 2.23. The zero-order valence-electron chi connectivity index (χ0n) is 10.9. The molecule has 1 heterocycles. The molecule has 96 valence electrons. The summed E-state index contributed by atoms with van der Waals surface area (Å²) in [5, 5.41) is 1.06. The van der Waals surface area contributed by atoms with Gasteiger partial charge in [-0.3, -0.25) is 0 Å². The molecule has 0 radical (unpaired) electrons. The standard InChI is InChI=1S/C16H20FN/c1-11(12-6-3-2-4-7-12)14-10-18-16-13(14)8-5-9-15(16)17/h5,8-12,18H,2-4,6-7H2,1H3. The molecule has 0 aliphatic heterocycles. The fourth-order valence-corrected chi connectivity index (χ4v) is 3.40. The Labute approximate surface area is 107 Å². The Balaban J connectivity index is 1.96. The summed E-state index contributed by atoms with van der Waals surface area (Å²) in [6, 6.07) is 5.36. The van der Waals surface area contributed by atoms with Gasteiger partial charge < -0.3 is 4.98 Å². The molecule has 2 heteroatoms. The number of aromatic nitrogens is 1. The second-order valence-electron chi connectivity index (χ2n) is 5.59. The number of nitrogens with one attached hydrogen (secondary N) is 1. The molecule has 1 atom stereocenters. The van der Waals surface area contributed by atoms with E-state index in [0.29, 0.717) is 11.4 Å². The molecule has 1 fully saturated rings. The van der Waals surface area contributed by atoms with E-state index in [1.165, 1.54) is 43.7 Å². The van der Waals surface area contributed by atoms with Crippen LogP contribution in [-0.4, -0.2) is 4.98 Å². The van der Waals surface area contributed by atoms with Crippen LogP contribution in [0.25, 0.3) is 10.9 Å². The van der Waals surface area contributed by atoms with Crippen LogP contribution in [0.4, 0.5) is 4.39 Å². The van der Waals surface area contributed by atoms with Crippen LogP contribution in [0.15, 0.2) is 24.4 Å². The third-order valence-corrected chi connectivity index (χ3v) is 4.54. The number of hydrogen-bond donors (Lipinski definition) is 1. The van der Waals surface area contributed by atoms with Gasteiger partial charge in [-0.2, -0.15) is 0 Å². The monoisotopic (exact) mass is 245 g/mol. The molecule has 0 bridgehead atoms. The number of H-pyrrole nitrogens is 1. The van der Waals surface area contributed by atoms with Gasteiger partial charge in [-0.15, -0.1) is 0 Å². The lowest BCUT2D eigenvalue weighted by molar-refractivity contribution is 0.317. The van der Waals surface area contributed by atoms with Crippen LogP contribution in [0.3, 0.4) is 0 Å². The van der Waals surface area contributed by atoms with Gasteiger partial charge in [-0.25, -0.2) is 4.39 Å². The lowest BCUT2D eigenvalue weighted by atomic mass is 9.78. The highest BCUT2D eigenvalue weighted by atomic mass is 19.1. The van der Waals surface area contributed by atoms with E-state index in [0.717, 1.165) is 11.3 Å². The van der Waals surface area contributed by atoms with Crippen LogP contribution in [0.1, 0.15) is 50.5 Å². The van der Waals surface area contributed by atoms with Crippen molar-refractivity contribution in [3.8, 4) is 0 Å². The molecule has 2 aromatic rings. The molecule has 18 heavy (non-hydrogen) atoms. The van der Waals surface area contributed by atoms with E-state index in [9.17, 15) is 4.39 Å². The van der Waals surface area contributed by atoms with Gasteiger partial charge in [0.05, 0.1) is 5.52 Å². The SMILES string of the molecule is CC(c1c[nH]c2c(F)cccc12)C1CCCCC1. The molecule has 1 aliphatic carbocycles. The van der Waals surface area contributed by atoms with Gasteiger partial charge in [-0.05, 0) is 36.3 Å². The van der Waals surface area contributed by atoms with Crippen LogP contribution in [0.5, 0.6) is 0 Å². The Morgan fingerprint density at radius 2 is 2.00 bits per heavy atom. The lowest BCUT2D eigenvalue weighted by Gasteiger charge is -2.27. The maximum absolute atomic E-state index is 13.7. The van der Waals surface area contributed by atoms with Crippen molar-refractivity contribution in [3.05, 3.63) is 35.8 Å². The van der Waals surface area contributed by atoms with Gasteiger partial charge in [-0.1, -0.05) is 38.3 Å². The lowest BCUT2D eigenvalue weighted by Crippen LogP contribution is -2.13. The van der Waals surface area contributed by atoms with E-state index in [4.69, 9.17) is 0 Å². The topological polar surface area (TPSA) is 15.8 Å². The highest BCUT2D eigenvalue weighted by Crippen LogP contribution is 2.38. The average Bonchev–Trinajstić information content (AvgIpc) is 2.84. The van der Waals surface area contributed by atoms with E-state index in [-0.39, 0.29) is 5.82 Å². The van der Waals surface area contributed by atoms with Crippen molar-refractivity contribution in [2.45, 2.75) is 44.9 Å². The van der Waals surface area contributed by atoms with Crippen LogP contribution in [0, 0.1) is 11.7 Å². The summed E-state index contributed by atoms with van der Waals surface area (Å²) >= 11 is 0. The molecule has 1 aliphatic rings. The molecule has 1 aromatic carbocycles. The molecule has 1 saturated carbocycles.